The quantitative estimate of drug-likeness (QED) is 0.104. The van der Waals surface area contributed by atoms with Crippen LogP contribution in [0.4, 0.5) is 34.1 Å². The van der Waals surface area contributed by atoms with Crippen molar-refractivity contribution in [2.24, 2.45) is 0 Å². The molecule has 0 unspecified atom stereocenters. The van der Waals surface area contributed by atoms with Gasteiger partial charge in [-0.05, 0) is 119 Å². The van der Waals surface area contributed by atoms with Crippen molar-refractivity contribution in [3.63, 3.8) is 0 Å². The second-order valence-electron chi connectivity index (χ2n) is 13.7. The Balaban J connectivity index is 1.08. The van der Waals surface area contributed by atoms with Gasteiger partial charge in [0.2, 0.25) is 0 Å². The van der Waals surface area contributed by atoms with Crippen LogP contribution in [0, 0.1) is 0 Å². The van der Waals surface area contributed by atoms with E-state index >= 15 is 0 Å². The lowest BCUT2D eigenvalue weighted by Gasteiger charge is -2.25. The fourth-order valence-corrected chi connectivity index (χ4v) is 6.90. The van der Waals surface area contributed by atoms with Gasteiger partial charge in [0.1, 0.15) is 0 Å². The number of benzene rings is 7. The first-order valence-electron chi connectivity index (χ1n) is 19.2. The molecule has 0 amide bonds. The molecule has 0 bridgehead atoms. The summed E-state index contributed by atoms with van der Waals surface area (Å²) in [4.78, 5) is 4.64. The zero-order valence-corrected chi connectivity index (χ0v) is 31.4. The van der Waals surface area contributed by atoms with Gasteiger partial charge >= 0.3 is 0 Å². The van der Waals surface area contributed by atoms with E-state index in [1.807, 2.05) is 0 Å². The molecule has 2 nitrogen and oxygen atoms in total. The molecular formula is C52H48N2. The highest BCUT2D eigenvalue weighted by molar-refractivity contribution is 5.82. The van der Waals surface area contributed by atoms with Gasteiger partial charge in [0.15, 0.2) is 0 Å². The van der Waals surface area contributed by atoms with E-state index in [4.69, 9.17) is 0 Å². The van der Waals surface area contributed by atoms with E-state index < -0.39 is 0 Å². The Morgan fingerprint density at radius 1 is 0.315 bits per heavy atom. The zero-order chi connectivity index (χ0) is 37.0. The standard InChI is InChI=1S/C52H48N2/c1-3-13-41-23-33-49(34-24-41)53(47-17-7-5-8-18-47)51-37-27-43(28-38-51)21-31-45-15-11-12-16-46(45)32-22-44-29-39-52(40-30-44)54(48-19-9-6-10-20-48)50-35-25-42(14-4-2)26-36-50/h5-12,15-40H,3-4,13-14H2,1-2H3. The Bertz CT molecular complexity index is 2080. The van der Waals surface area contributed by atoms with Crippen molar-refractivity contribution in [2.45, 2.75) is 39.5 Å². The third-order valence-corrected chi connectivity index (χ3v) is 9.70. The molecule has 0 aliphatic heterocycles. The van der Waals surface area contributed by atoms with Crippen molar-refractivity contribution >= 4 is 58.4 Å². The Morgan fingerprint density at radius 2 is 0.611 bits per heavy atom. The van der Waals surface area contributed by atoms with Crippen LogP contribution in [0.1, 0.15) is 60.1 Å². The molecule has 0 radical (unpaired) electrons. The number of nitrogens with zero attached hydrogens (tertiary/aromatic N) is 2. The first kappa shape index (κ1) is 36.0. The molecule has 7 aromatic rings. The fraction of sp³-hybridized carbons (Fsp3) is 0.115. The van der Waals surface area contributed by atoms with Gasteiger partial charge in [-0.2, -0.15) is 0 Å². The van der Waals surface area contributed by atoms with E-state index in [0.717, 1.165) is 70.9 Å². The summed E-state index contributed by atoms with van der Waals surface area (Å²) in [5.41, 5.74) is 14.3. The Kier molecular flexibility index (Phi) is 11.9. The lowest BCUT2D eigenvalue weighted by atomic mass is 10.0. The first-order chi connectivity index (χ1) is 26.7. The molecule has 0 atom stereocenters. The van der Waals surface area contributed by atoms with Crippen LogP contribution >= 0.6 is 0 Å². The van der Waals surface area contributed by atoms with Crippen LogP contribution in [0.25, 0.3) is 24.3 Å². The Hall–Kier alpha value is -6.38. The molecule has 7 rings (SSSR count). The number of rotatable bonds is 14. The molecule has 0 aromatic heterocycles. The van der Waals surface area contributed by atoms with Gasteiger partial charge in [-0.1, -0.05) is 160 Å². The summed E-state index contributed by atoms with van der Waals surface area (Å²) >= 11 is 0. The number of anilines is 6. The smallest absolute Gasteiger partial charge is 0.0462 e. The molecule has 0 spiro atoms. The normalized spacial score (nSPS) is 11.3. The van der Waals surface area contributed by atoms with Gasteiger partial charge in [0, 0.05) is 34.1 Å². The van der Waals surface area contributed by atoms with Gasteiger partial charge in [-0.3, -0.25) is 0 Å². The van der Waals surface area contributed by atoms with Crippen molar-refractivity contribution in [3.8, 4) is 0 Å². The zero-order valence-electron chi connectivity index (χ0n) is 31.4. The minimum atomic E-state index is 1.10. The molecule has 0 N–H and O–H groups in total. The monoisotopic (exact) mass is 700 g/mol. The third-order valence-electron chi connectivity index (χ3n) is 9.70. The highest BCUT2D eigenvalue weighted by atomic mass is 15.1. The van der Waals surface area contributed by atoms with Crippen LogP contribution in [0.3, 0.4) is 0 Å². The van der Waals surface area contributed by atoms with Crippen molar-refractivity contribution in [1.29, 1.82) is 0 Å². The number of para-hydroxylation sites is 2. The lowest BCUT2D eigenvalue weighted by molar-refractivity contribution is 0.922. The maximum Gasteiger partial charge on any atom is 0.0462 e. The molecule has 0 aliphatic carbocycles. The molecule has 0 aliphatic rings. The minimum Gasteiger partial charge on any atom is -0.311 e. The van der Waals surface area contributed by atoms with Crippen LogP contribution in [0.5, 0.6) is 0 Å². The summed E-state index contributed by atoms with van der Waals surface area (Å²) in [6, 6.07) is 65.3. The largest absolute Gasteiger partial charge is 0.311 e. The summed E-state index contributed by atoms with van der Waals surface area (Å²) in [6.07, 6.45) is 13.3. The molecule has 0 heterocycles. The Morgan fingerprint density at radius 3 is 0.944 bits per heavy atom. The molecular weight excluding hydrogens is 653 g/mol. The van der Waals surface area contributed by atoms with E-state index in [-0.39, 0.29) is 0 Å². The summed E-state index contributed by atoms with van der Waals surface area (Å²) < 4.78 is 0. The van der Waals surface area contributed by atoms with Gasteiger partial charge in [0.25, 0.3) is 0 Å². The van der Waals surface area contributed by atoms with E-state index in [1.54, 1.807) is 0 Å². The maximum atomic E-state index is 2.32. The van der Waals surface area contributed by atoms with Crippen LogP contribution < -0.4 is 9.80 Å². The molecule has 0 fully saturated rings. The SMILES string of the molecule is CCCc1ccc(N(c2ccccc2)c2ccc(C=Cc3ccccc3C=Cc3ccc(N(c4ccccc4)c4ccc(CCC)cc4)cc3)cc2)cc1. The molecule has 266 valence electrons. The second-order valence-corrected chi connectivity index (χ2v) is 13.7. The van der Waals surface area contributed by atoms with E-state index in [2.05, 4.69) is 230 Å². The Labute approximate surface area is 322 Å². The fourth-order valence-electron chi connectivity index (χ4n) is 6.90. The van der Waals surface area contributed by atoms with Gasteiger partial charge in [0.05, 0.1) is 0 Å². The highest BCUT2D eigenvalue weighted by Crippen LogP contribution is 2.36. The maximum absolute atomic E-state index is 2.32. The average molecular weight is 701 g/mol. The van der Waals surface area contributed by atoms with E-state index in [1.165, 1.54) is 22.3 Å². The summed E-state index contributed by atoms with van der Waals surface area (Å²) in [6.45, 7) is 4.45. The second kappa shape index (κ2) is 17.9. The molecule has 2 heteroatoms. The molecule has 0 saturated carbocycles. The summed E-state index contributed by atoms with van der Waals surface area (Å²) in [7, 11) is 0. The van der Waals surface area contributed by atoms with Gasteiger partial charge in [-0.15, -0.1) is 0 Å². The predicted octanol–water partition coefficient (Wildman–Crippen LogP) is 14.9. The molecule has 0 saturated heterocycles. The third kappa shape index (κ3) is 8.97. The summed E-state index contributed by atoms with van der Waals surface area (Å²) in [5, 5.41) is 0. The van der Waals surface area contributed by atoms with Crippen LogP contribution in [-0.2, 0) is 12.8 Å². The predicted molar refractivity (Wildman–Crippen MR) is 235 cm³/mol. The summed E-state index contributed by atoms with van der Waals surface area (Å²) in [5.74, 6) is 0. The van der Waals surface area contributed by atoms with Crippen molar-refractivity contribution in [1.82, 2.24) is 0 Å². The minimum absolute atomic E-state index is 1.10. The van der Waals surface area contributed by atoms with Crippen molar-refractivity contribution < 1.29 is 0 Å². The van der Waals surface area contributed by atoms with Crippen LogP contribution in [0.2, 0.25) is 0 Å². The van der Waals surface area contributed by atoms with Crippen molar-refractivity contribution in [3.05, 3.63) is 215 Å². The van der Waals surface area contributed by atoms with Crippen molar-refractivity contribution in [2.75, 3.05) is 9.80 Å². The molecule has 7 aromatic carbocycles. The van der Waals surface area contributed by atoms with E-state index in [9.17, 15) is 0 Å². The highest BCUT2D eigenvalue weighted by Gasteiger charge is 2.13. The number of aryl methyl sites for hydroxylation is 2. The first-order valence-corrected chi connectivity index (χ1v) is 19.2. The topological polar surface area (TPSA) is 6.48 Å². The number of hydrogen-bond donors (Lipinski definition) is 0. The number of hydrogen-bond acceptors (Lipinski definition) is 2. The molecule has 54 heavy (non-hydrogen) atoms. The average Bonchev–Trinajstić information content (AvgIpc) is 3.23. The van der Waals surface area contributed by atoms with Crippen LogP contribution in [0.15, 0.2) is 182 Å². The van der Waals surface area contributed by atoms with Gasteiger partial charge < -0.3 is 9.80 Å². The lowest BCUT2D eigenvalue weighted by Crippen LogP contribution is -2.09. The van der Waals surface area contributed by atoms with Crippen LogP contribution in [-0.4, -0.2) is 0 Å². The van der Waals surface area contributed by atoms with Gasteiger partial charge in [-0.25, -0.2) is 0 Å². The van der Waals surface area contributed by atoms with E-state index in [0.29, 0.717) is 0 Å².